The van der Waals surface area contributed by atoms with Crippen LogP contribution in [0, 0.1) is 0 Å². The maximum Gasteiger partial charge on any atom is 0.250 e. The number of rotatable bonds is 1. The number of fused-ring (bicyclic) bond motifs is 1. The lowest BCUT2D eigenvalue weighted by molar-refractivity contribution is 0.903. The fourth-order valence-electron chi connectivity index (χ4n) is 2.11. The van der Waals surface area contributed by atoms with Gasteiger partial charge in [-0.2, -0.15) is 5.10 Å². The van der Waals surface area contributed by atoms with E-state index in [1.54, 1.807) is 36.1 Å². The van der Waals surface area contributed by atoms with Crippen LogP contribution in [0.25, 0.3) is 16.7 Å². The highest BCUT2D eigenvalue weighted by Gasteiger charge is 2.14. The van der Waals surface area contributed by atoms with Gasteiger partial charge in [-0.15, -0.1) is 0 Å². The fourth-order valence-corrected chi connectivity index (χ4v) is 2.77. The van der Waals surface area contributed by atoms with Crippen LogP contribution in [-0.4, -0.2) is 14.3 Å². The molecule has 2 N–H and O–H groups in total. The fraction of sp³-hybridized carbons (Fsp3) is 0.0769. The van der Waals surface area contributed by atoms with Crippen LogP contribution in [0.5, 0.6) is 0 Å². The number of nitrogens with two attached hydrogens (primary N) is 1. The molecule has 0 spiro atoms. The van der Waals surface area contributed by atoms with E-state index in [-0.39, 0.29) is 5.56 Å². The number of aryl methyl sites for hydroxylation is 1. The second kappa shape index (κ2) is 4.54. The summed E-state index contributed by atoms with van der Waals surface area (Å²) in [5.74, 6) is 0. The first-order valence-electron chi connectivity index (χ1n) is 5.77. The van der Waals surface area contributed by atoms with Crippen molar-refractivity contribution in [3.8, 4) is 5.69 Å². The monoisotopic (exact) mass is 308 g/mol. The first-order chi connectivity index (χ1) is 9.49. The molecule has 1 aromatic carbocycles. The van der Waals surface area contributed by atoms with Gasteiger partial charge in [0.2, 0.25) is 0 Å². The van der Waals surface area contributed by atoms with Crippen LogP contribution < -0.4 is 11.3 Å². The lowest BCUT2D eigenvalue weighted by Gasteiger charge is -2.09. The Morgan fingerprint density at radius 2 is 1.80 bits per heavy atom. The molecule has 2 heterocycles. The maximum absolute atomic E-state index is 11.6. The average molecular weight is 309 g/mol. The van der Waals surface area contributed by atoms with Crippen molar-refractivity contribution in [1.82, 2.24) is 14.3 Å². The van der Waals surface area contributed by atoms with Crippen LogP contribution >= 0.6 is 23.2 Å². The molecule has 0 amide bonds. The third-order valence-electron chi connectivity index (χ3n) is 3.11. The molecule has 7 heteroatoms. The van der Waals surface area contributed by atoms with E-state index < -0.39 is 0 Å². The summed E-state index contributed by atoms with van der Waals surface area (Å²) in [6.45, 7) is 0. The molecular formula is C13H10Cl2N4O. The number of hydrogen-bond donors (Lipinski definition) is 1. The Hall–Kier alpha value is -1.98. The Morgan fingerprint density at radius 3 is 2.45 bits per heavy atom. The Kier molecular flexibility index (Phi) is 2.96. The third-order valence-corrected chi connectivity index (χ3v) is 3.69. The van der Waals surface area contributed by atoms with Gasteiger partial charge in [0.25, 0.3) is 5.56 Å². The second-order valence-corrected chi connectivity index (χ2v) is 5.20. The summed E-state index contributed by atoms with van der Waals surface area (Å²) in [4.78, 5) is 11.6. The molecule has 0 atom stereocenters. The minimum absolute atomic E-state index is 0.105. The molecule has 0 saturated carbocycles. The molecule has 0 aliphatic rings. The lowest BCUT2D eigenvalue weighted by Crippen LogP contribution is -2.14. The van der Waals surface area contributed by atoms with E-state index in [0.717, 1.165) is 5.52 Å². The molecule has 0 aliphatic heterocycles. The van der Waals surface area contributed by atoms with Crippen LogP contribution in [0.1, 0.15) is 0 Å². The maximum atomic E-state index is 11.6. The molecule has 2 aromatic heterocycles. The van der Waals surface area contributed by atoms with Gasteiger partial charge in [-0.25, -0.2) is 4.68 Å². The highest BCUT2D eigenvalue weighted by molar-refractivity contribution is 6.38. The van der Waals surface area contributed by atoms with E-state index in [9.17, 15) is 4.79 Å². The standard InChI is InChI=1S/C13H10Cl2N4O/c1-18-11-6-17-19(10(11)2-3-12(18)20)13-8(14)4-7(16)5-9(13)15/h2-6H,16H2,1H3. The molecule has 0 saturated heterocycles. The minimum Gasteiger partial charge on any atom is -0.399 e. The zero-order valence-electron chi connectivity index (χ0n) is 10.5. The number of anilines is 1. The number of nitrogens with zero attached hydrogens (tertiary/aromatic N) is 3. The Labute approximate surface area is 124 Å². The SMILES string of the molecule is Cn1c(=O)ccc2c1cnn2-c1c(Cl)cc(N)cc1Cl. The molecule has 0 radical (unpaired) electrons. The van der Waals surface area contributed by atoms with E-state index in [1.165, 1.54) is 10.6 Å². The van der Waals surface area contributed by atoms with E-state index in [2.05, 4.69) is 5.10 Å². The molecule has 5 nitrogen and oxygen atoms in total. The lowest BCUT2D eigenvalue weighted by atomic mass is 10.2. The van der Waals surface area contributed by atoms with Crippen LogP contribution in [-0.2, 0) is 7.05 Å². The van der Waals surface area contributed by atoms with Crippen molar-refractivity contribution in [3.05, 3.63) is 50.9 Å². The first kappa shape index (κ1) is 13.0. The summed E-state index contributed by atoms with van der Waals surface area (Å²) in [5.41, 5.74) is 8.04. The summed E-state index contributed by atoms with van der Waals surface area (Å²) in [6.07, 6.45) is 1.60. The zero-order chi connectivity index (χ0) is 14.4. The van der Waals surface area contributed by atoms with Gasteiger partial charge in [0.1, 0.15) is 5.69 Å². The van der Waals surface area contributed by atoms with E-state index in [0.29, 0.717) is 26.9 Å². The van der Waals surface area contributed by atoms with Crippen molar-refractivity contribution in [3.63, 3.8) is 0 Å². The molecule has 0 fully saturated rings. The molecule has 0 aliphatic carbocycles. The van der Waals surface area contributed by atoms with Crippen LogP contribution in [0.2, 0.25) is 10.0 Å². The van der Waals surface area contributed by atoms with Crippen molar-refractivity contribution in [2.45, 2.75) is 0 Å². The van der Waals surface area contributed by atoms with Crippen molar-refractivity contribution in [1.29, 1.82) is 0 Å². The normalized spacial score (nSPS) is 11.2. The van der Waals surface area contributed by atoms with E-state index >= 15 is 0 Å². The van der Waals surface area contributed by atoms with Gasteiger partial charge in [-0.1, -0.05) is 23.2 Å². The van der Waals surface area contributed by atoms with Gasteiger partial charge in [0, 0.05) is 18.8 Å². The number of halogens is 2. The predicted molar refractivity (Wildman–Crippen MR) is 80.7 cm³/mol. The summed E-state index contributed by atoms with van der Waals surface area (Å²) in [6, 6.07) is 6.38. The Balaban J connectivity index is 2.37. The molecular weight excluding hydrogens is 299 g/mol. The van der Waals surface area contributed by atoms with Gasteiger partial charge in [-0.3, -0.25) is 4.79 Å². The summed E-state index contributed by atoms with van der Waals surface area (Å²) in [7, 11) is 1.68. The first-order valence-corrected chi connectivity index (χ1v) is 6.53. The van der Waals surface area contributed by atoms with Gasteiger partial charge >= 0.3 is 0 Å². The van der Waals surface area contributed by atoms with Gasteiger partial charge in [0.05, 0.1) is 27.3 Å². The van der Waals surface area contributed by atoms with Crippen molar-refractivity contribution >= 4 is 39.9 Å². The zero-order valence-corrected chi connectivity index (χ0v) is 12.0. The second-order valence-electron chi connectivity index (χ2n) is 4.39. The largest absolute Gasteiger partial charge is 0.399 e. The van der Waals surface area contributed by atoms with Crippen LogP contribution in [0.3, 0.4) is 0 Å². The quantitative estimate of drug-likeness (QED) is 0.703. The number of pyridine rings is 1. The van der Waals surface area contributed by atoms with Crippen LogP contribution in [0.4, 0.5) is 5.69 Å². The van der Waals surface area contributed by atoms with Gasteiger partial charge in [-0.05, 0) is 18.2 Å². The summed E-state index contributed by atoms with van der Waals surface area (Å²) < 4.78 is 3.11. The third kappa shape index (κ3) is 1.87. The van der Waals surface area contributed by atoms with Gasteiger partial charge in [0.15, 0.2) is 0 Å². The molecule has 0 bridgehead atoms. The van der Waals surface area contributed by atoms with E-state index in [4.69, 9.17) is 28.9 Å². The number of hydrogen-bond acceptors (Lipinski definition) is 3. The molecule has 102 valence electrons. The molecule has 3 aromatic rings. The summed E-state index contributed by atoms with van der Waals surface area (Å²) in [5, 5.41) is 5.06. The molecule has 3 rings (SSSR count). The van der Waals surface area contributed by atoms with Crippen molar-refractivity contribution in [2.75, 3.05) is 5.73 Å². The Morgan fingerprint density at radius 1 is 1.15 bits per heavy atom. The smallest absolute Gasteiger partial charge is 0.250 e. The highest BCUT2D eigenvalue weighted by atomic mass is 35.5. The highest BCUT2D eigenvalue weighted by Crippen LogP contribution is 2.32. The number of aromatic nitrogens is 3. The topological polar surface area (TPSA) is 65.8 Å². The van der Waals surface area contributed by atoms with Gasteiger partial charge < -0.3 is 10.3 Å². The minimum atomic E-state index is -0.105. The number of nitrogen functional groups attached to an aromatic ring is 1. The van der Waals surface area contributed by atoms with E-state index in [1.807, 2.05) is 0 Å². The predicted octanol–water partition coefficient (Wildman–Crippen LogP) is 2.61. The van der Waals surface area contributed by atoms with Crippen molar-refractivity contribution in [2.24, 2.45) is 7.05 Å². The van der Waals surface area contributed by atoms with Crippen molar-refractivity contribution < 1.29 is 0 Å². The molecule has 0 unspecified atom stereocenters. The number of benzene rings is 1. The Bertz CT molecular complexity index is 859. The average Bonchev–Trinajstić information content (AvgIpc) is 2.77. The van der Waals surface area contributed by atoms with Crippen LogP contribution in [0.15, 0.2) is 35.3 Å². The summed E-state index contributed by atoms with van der Waals surface area (Å²) >= 11 is 12.4. The molecule has 20 heavy (non-hydrogen) atoms.